The molecule has 0 radical (unpaired) electrons. The van der Waals surface area contributed by atoms with E-state index in [2.05, 4.69) is 9.82 Å². The third-order valence-electron chi connectivity index (χ3n) is 2.46. The van der Waals surface area contributed by atoms with Gasteiger partial charge in [0.05, 0.1) is 11.9 Å². The third kappa shape index (κ3) is 3.52. The van der Waals surface area contributed by atoms with Crippen LogP contribution in [0.5, 0.6) is 0 Å². The number of aromatic nitrogens is 2. The summed E-state index contributed by atoms with van der Waals surface area (Å²) in [6.45, 7) is 5.23. The van der Waals surface area contributed by atoms with Crippen LogP contribution < -0.4 is 4.72 Å². The lowest BCUT2D eigenvalue weighted by Crippen LogP contribution is -2.26. The number of nitrogens with one attached hydrogen (secondary N) is 1. The van der Waals surface area contributed by atoms with Crippen LogP contribution in [-0.2, 0) is 21.3 Å². The number of hydrogen-bond donors (Lipinski definition) is 1. The molecule has 1 aromatic heterocycles. The van der Waals surface area contributed by atoms with Crippen LogP contribution >= 0.6 is 0 Å². The summed E-state index contributed by atoms with van der Waals surface area (Å²) in [5.74, 6) is 0. The Labute approximate surface area is 102 Å². The number of aryl methyl sites for hydroxylation is 1. The van der Waals surface area contributed by atoms with Crippen LogP contribution in [0.3, 0.4) is 0 Å². The van der Waals surface area contributed by atoms with Gasteiger partial charge in [0, 0.05) is 26.8 Å². The molecule has 1 rings (SSSR count). The van der Waals surface area contributed by atoms with Gasteiger partial charge in [0.1, 0.15) is 4.90 Å². The first-order valence-corrected chi connectivity index (χ1v) is 7.02. The molecule has 1 N–H and O–H groups in total. The Kier molecular flexibility index (Phi) is 5.10. The van der Waals surface area contributed by atoms with Gasteiger partial charge in [-0.25, -0.2) is 13.1 Å². The molecular formula is C10H19N3O3S. The second kappa shape index (κ2) is 6.13. The molecule has 0 saturated heterocycles. The SMILES string of the molecule is CCn1ncc(S(=O)(=O)NCCCOC)c1C. The van der Waals surface area contributed by atoms with Gasteiger partial charge in [-0.1, -0.05) is 0 Å². The van der Waals surface area contributed by atoms with Crippen molar-refractivity contribution in [3.8, 4) is 0 Å². The summed E-state index contributed by atoms with van der Waals surface area (Å²) < 4.78 is 32.9. The molecule has 98 valence electrons. The summed E-state index contributed by atoms with van der Waals surface area (Å²) in [6.07, 6.45) is 2.04. The van der Waals surface area contributed by atoms with Crippen LogP contribution in [0, 0.1) is 6.92 Å². The molecule has 0 fully saturated rings. The van der Waals surface area contributed by atoms with Gasteiger partial charge in [-0.3, -0.25) is 4.68 Å². The van der Waals surface area contributed by atoms with E-state index in [0.717, 1.165) is 0 Å². The molecule has 0 amide bonds. The highest BCUT2D eigenvalue weighted by Gasteiger charge is 2.19. The normalized spacial score (nSPS) is 11.9. The molecule has 0 unspecified atom stereocenters. The lowest BCUT2D eigenvalue weighted by atomic mass is 10.5. The first kappa shape index (κ1) is 14.1. The predicted octanol–water partition coefficient (Wildman–Crippen LogP) is 0.526. The van der Waals surface area contributed by atoms with E-state index < -0.39 is 10.0 Å². The average molecular weight is 261 g/mol. The topological polar surface area (TPSA) is 73.2 Å². The largest absolute Gasteiger partial charge is 0.385 e. The predicted molar refractivity (Wildman–Crippen MR) is 64.3 cm³/mol. The zero-order valence-electron chi connectivity index (χ0n) is 10.4. The fourth-order valence-electron chi connectivity index (χ4n) is 1.51. The minimum Gasteiger partial charge on any atom is -0.385 e. The first-order chi connectivity index (χ1) is 8.03. The number of methoxy groups -OCH3 is 1. The van der Waals surface area contributed by atoms with Crippen molar-refractivity contribution >= 4 is 10.0 Å². The third-order valence-corrected chi connectivity index (χ3v) is 4.03. The molecular weight excluding hydrogens is 242 g/mol. The van der Waals surface area contributed by atoms with Crippen molar-refractivity contribution in [1.29, 1.82) is 0 Å². The summed E-state index contributed by atoms with van der Waals surface area (Å²) in [6, 6.07) is 0. The molecule has 1 heterocycles. The zero-order valence-corrected chi connectivity index (χ0v) is 11.2. The van der Waals surface area contributed by atoms with E-state index in [0.29, 0.717) is 31.8 Å². The highest BCUT2D eigenvalue weighted by Crippen LogP contribution is 2.13. The van der Waals surface area contributed by atoms with E-state index >= 15 is 0 Å². The molecule has 7 heteroatoms. The van der Waals surface area contributed by atoms with Gasteiger partial charge >= 0.3 is 0 Å². The molecule has 1 aromatic rings. The lowest BCUT2D eigenvalue weighted by molar-refractivity contribution is 0.196. The smallest absolute Gasteiger partial charge is 0.243 e. The fraction of sp³-hybridized carbons (Fsp3) is 0.700. The Morgan fingerprint density at radius 1 is 1.53 bits per heavy atom. The van der Waals surface area contributed by atoms with Crippen molar-refractivity contribution < 1.29 is 13.2 Å². The standard InChI is InChI=1S/C10H19N3O3S/c1-4-13-9(2)10(8-11-13)17(14,15)12-6-5-7-16-3/h8,12H,4-7H2,1-3H3. The number of hydrogen-bond acceptors (Lipinski definition) is 4. The second-order valence-corrected chi connectivity index (χ2v) is 5.39. The van der Waals surface area contributed by atoms with E-state index in [4.69, 9.17) is 4.74 Å². The summed E-state index contributed by atoms with van der Waals surface area (Å²) in [5, 5.41) is 4.02. The van der Waals surface area contributed by atoms with Crippen molar-refractivity contribution in [3.05, 3.63) is 11.9 Å². The summed E-state index contributed by atoms with van der Waals surface area (Å²) >= 11 is 0. The fourth-order valence-corrected chi connectivity index (χ4v) is 2.76. The van der Waals surface area contributed by atoms with E-state index in [1.54, 1.807) is 18.7 Å². The van der Waals surface area contributed by atoms with Gasteiger partial charge in [-0.15, -0.1) is 0 Å². The summed E-state index contributed by atoms with van der Waals surface area (Å²) in [7, 11) is -1.86. The van der Waals surface area contributed by atoms with Gasteiger partial charge in [-0.05, 0) is 20.3 Å². The van der Waals surface area contributed by atoms with Crippen LogP contribution in [0.25, 0.3) is 0 Å². The number of rotatable bonds is 7. The molecule has 17 heavy (non-hydrogen) atoms. The van der Waals surface area contributed by atoms with Crippen LogP contribution in [0.15, 0.2) is 11.1 Å². The summed E-state index contributed by atoms with van der Waals surface area (Å²) in [4.78, 5) is 0.247. The van der Waals surface area contributed by atoms with E-state index in [9.17, 15) is 8.42 Å². The maximum Gasteiger partial charge on any atom is 0.243 e. The average Bonchev–Trinajstić information content (AvgIpc) is 2.66. The maximum atomic E-state index is 11.9. The van der Waals surface area contributed by atoms with Gasteiger partial charge < -0.3 is 4.74 Å². The molecule has 0 aromatic carbocycles. The molecule has 0 spiro atoms. The van der Waals surface area contributed by atoms with E-state index in [-0.39, 0.29) is 4.90 Å². The maximum absolute atomic E-state index is 11.9. The Hall–Kier alpha value is -0.920. The van der Waals surface area contributed by atoms with Gasteiger partial charge in [0.2, 0.25) is 10.0 Å². The van der Waals surface area contributed by atoms with Crippen molar-refractivity contribution in [2.75, 3.05) is 20.3 Å². The Morgan fingerprint density at radius 3 is 2.76 bits per heavy atom. The minimum absolute atomic E-state index is 0.247. The van der Waals surface area contributed by atoms with Crippen LogP contribution in [-0.4, -0.2) is 38.5 Å². The van der Waals surface area contributed by atoms with Gasteiger partial charge in [0.25, 0.3) is 0 Å². The van der Waals surface area contributed by atoms with Gasteiger partial charge in [-0.2, -0.15) is 5.10 Å². The van der Waals surface area contributed by atoms with Crippen molar-refractivity contribution in [2.24, 2.45) is 0 Å². The van der Waals surface area contributed by atoms with Crippen LogP contribution in [0.2, 0.25) is 0 Å². The van der Waals surface area contributed by atoms with Crippen LogP contribution in [0.4, 0.5) is 0 Å². The van der Waals surface area contributed by atoms with E-state index in [1.165, 1.54) is 6.20 Å². The minimum atomic E-state index is -3.45. The van der Waals surface area contributed by atoms with Crippen molar-refractivity contribution in [3.63, 3.8) is 0 Å². The summed E-state index contributed by atoms with van der Waals surface area (Å²) in [5.41, 5.74) is 0.659. The molecule has 0 aliphatic rings. The van der Waals surface area contributed by atoms with Crippen molar-refractivity contribution in [2.45, 2.75) is 31.7 Å². The van der Waals surface area contributed by atoms with E-state index in [1.807, 2.05) is 6.92 Å². The number of ether oxygens (including phenoxy) is 1. The Morgan fingerprint density at radius 2 is 2.24 bits per heavy atom. The number of sulfonamides is 1. The quantitative estimate of drug-likeness (QED) is 0.726. The van der Waals surface area contributed by atoms with Crippen molar-refractivity contribution in [1.82, 2.24) is 14.5 Å². The Bertz CT molecular complexity index is 453. The Balaban J connectivity index is 2.72. The highest BCUT2D eigenvalue weighted by atomic mass is 32.2. The zero-order chi connectivity index (χ0) is 12.9. The molecule has 6 nitrogen and oxygen atoms in total. The molecule has 0 aliphatic carbocycles. The molecule has 0 aliphatic heterocycles. The molecule has 0 saturated carbocycles. The van der Waals surface area contributed by atoms with Gasteiger partial charge in [0.15, 0.2) is 0 Å². The second-order valence-electron chi connectivity index (χ2n) is 3.65. The molecule has 0 bridgehead atoms. The monoisotopic (exact) mass is 261 g/mol. The first-order valence-electron chi connectivity index (χ1n) is 5.54. The lowest BCUT2D eigenvalue weighted by Gasteiger charge is -2.06. The van der Waals surface area contributed by atoms with Crippen LogP contribution in [0.1, 0.15) is 19.0 Å². The highest BCUT2D eigenvalue weighted by molar-refractivity contribution is 7.89. The molecule has 0 atom stereocenters. The number of nitrogens with zero attached hydrogens (tertiary/aromatic N) is 2.